The van der Waals surface area contributed by atoms with Crippen molar-refractivity contribution in [2.24, 2.45) is 0 Å². The molecular formula is C10H15NO2S. The number of nitrogens with zero attached hydrogens (tertiary/aromatic N) is 1. The molecule has 1 aliphatic carbocycles. The molecule has 0 saturated heterocycles. The van der Waals surface area contributed by atoms with Crippen LogP contribution in [-0.2, 0) is 0 Å². The summed E-state index contributed by atoms with van der Waals surface area (Å²) in [4.78, 5) is 1.16. The molecule has 0 radical (unpaired) electrons. The summed E-state index contributed by atoms with van der Waals surface area (Å²) in [6.45, 7) is 0. The molecule has 0 aliphatic heterocycles. The summed E-state index contributed by atoms with van der Waals surface area (Å²) in [5.74, 6) is 0.952. The van der Waals surface area contributed by atoms with Gasteiger partial charge in [0.05, 0.1) is 13.2 Å². The minimum absolute atomic E-state index is 0.186. The van der Waals surface area contributed by atoms with Gasteiger partial charge in [-0.1, -0.05) is 12.8 Å². The average molecular weight is 213 g/mol. The minimum atomic E-state index is -0.186. The molecule has 1 saturated carbocycles. The molecule has 3 nitrogen and oxygen atoms in total. The van der Waals surface area contributed by atoms with Crippen LogP contribution in [0.1, 0.15) is 36.5 Å². The van der Waals surface area contributed by atoms with Crippen molar-refractivity contribution < 1.29 is 9.84 Å². The lowest BCUT2D eigenvalue weighted by Gasteiger charge is -2.25. The number of aliphatic hydroxyl groups is 1. The number of methoxy groups -OCH3 is 1. The molecular weight excluding hydrogens is 198 g/mol. The van der Waals surface area contributed by atoms with Crippen LogP contribution >= 0.6 is 11.5 Å². The van der Waals surface area contributed by atoms with Gasteiger partial charge in [-0.3, -0.25) is 0 Å². The van der Waals surface area contributed by atoms with Gasteiger partial charge in [0, 0.05) is 16.9 Å². The quantitative estimate of drug-likeness (QED) is 0.818. The number of rotatable bonds is 2. The third kappa shape index (κ3) is 1.91. The molecule has 4 heteroatoms. The first kappa shape index (κ1) is 9.93. The second-order valence-electron chi connectivity index (χ2n) is 3.73. The zero-order valence-electron chi connectivity index (χ0n) is 8.27. The van der Waals surface area contributed by atoms with Gasteiger partial charge < -0.3 is 9.84 Å². The Morgan fingerprint density at radius 3 is 2.93 bits per heavy atom. The molecule has 78 valence electrons. The monoisotopic (exact) mass is 213 g/mol. The van der Waals surface area contributed by atoms with Crippen LogP contribution < -0.4 is 4.74 Å². The Morgan fingerprint density at radius 2 is 2.29 bits per heavy atom. The van der Waals surface area contributed by atoms with Gasteiger partial charge in [-0.15, -0.1) is 0 Å². The summed E-state index contributed by atoms with van der Waals surface area (Å²) < 4.78 is 9.19. The molecule has 0 spiro atoms. The normalized spacial score (nSPS) is 27.6. The van der Waals surface area contributed by atoms with Crippen LogP contribution in [0.2, 0.25) is 0 Å². The predicted molar refractivity (Wildman–Crippen MR) is 55.9 cm³/mol. The highest BCUT2D eigenvalue weighted by Crippen LogP contribution is 2.36. The van der Waals surface area contributed by atoms with Crippen LogP contribution in [0.3, 0.4) is 0 Å². The zero-order valence-corrected chi connectivity index (χ0v) is 9.09. The van der Waals surface area contributed by atoms with E-state index in [0.717, 1.165) is 24.1 Å². The van der Waals surface area contributed by atoms with Gasteiger partial charge in [0.15, 0.2) is 0 Å². The molecule has 14 heavy (non-hydrogen) atoms. The van der Waals surface area contributed by atoms with Crippen LogP contribution in [-0.4, -0.2) is 22.7 Å². The molecule has 2 unspecified atom stereocenters. The maximum Gasteiger partial charge on any atom is 0.225 e. The van der Waals surface area contributed by atoms with Crippen LogP contribution in [0.25, 0.3) is 0 Å². The maximum atomic E-state index is 9.84. The fraction of sp³-hybridized carbons (Fsp3) is 0.700. The largest absolute Gasteiger partial charge is 0.480 e. The Bertz CT molecular complexity index is 300. The topological polar surface area (TPSA) is 42.4 Å². The summed E-state index contributed by atoms with van der Waals surface area (Å²) in [6.07, 6.45) is 4.17. The van der Waals surface area contributed by atoms with Crippen LogP contribution in [0.5, 0.6) is 5.88 Å². The van der Waals surface area contributed by atoms with Gasteiger partial charge in [0.1, 0.15) is 0 Å². The summed E-state index contributed by atoms with van der Waals surface area (Å²) in [5, 5.41) is 9.84. The molecule has 2 atom stereocenters. The van der Waals surface area contributed by atoms with Crippen molar-refractivity contribution in [1.29, 1.82) is 0 Å². The van der Waals surface area contributed by atoms with Crippen LogP contribution in [0.4, 0.5) is 0 Å². The Kier molecular flexibility index (Phi) is 3.03. The van der Waals surface area contributed by atoms with Gasteiger partial charge in [0.2, 0.25) is 5.88 Å². The third-order valence-electron chi connectivity index (χ3n) is 2.81. The summed E-state index contributed by atoms with van der Waals surface area (Å²) in [7, 11) is 1.62. The first-order valence-corrected chi connectivity index (χ1v) is 5.77. The van der Waals surface area contributed by atoms with Crippen LogP contribution in [0, 0.1) is 0 Å². The number of hydrogen-bond donors (Lipinski definition) is 1. The third-order valence-corrected chi connectivity index (χ3v) is 3.71. The molecule has 0 aromatic carbocycles. The van der Waals surface area contributed by atoms with E-state index < -0.39 is 0 Å². The molecule has 2 rings (SSSR count). The van der Waals surface area contributed by atoms with E-state index in [4.69, 9.17) is 4.74 Å². The first-order valence-electron chi connectivity index (χ1n) is 5.00. The van der Waals surface area contributed by atoms with Gasteiger partial charge in [-0.2, -0.15) is 4.37 Å². The lowest BCUT2D eigenvalue weighted by atomic mass is 9.85. The number of aromatic nitrogens is 1. The number of ether oxygens (including phenoxy) is 1. The molecule has 1 N–H and O–H groups in total. The summed E-state index contributed by atoms with van der Waals surface area (Å²) >= 11 is 1.45. The molecule has 1 aromatic heterocycles. The predicted octanol–water partition coefficient (Wildman–Crippen LogP) is 2.17. The molecule has 0 amide bonds. The zero-order chi connectivity index (χ0) is 9.97. The lowest BCUT2D eigenvalue weighted by Crippen LogP contribution is -2.21. The standard InChI is InChI=1S/C10H15NO2S/c1-13-10-6-9(14-11-10)7-4-2-3-5-8(7)12/h6-8,12H,2-5H2,1H3. The Hall–Kier alpha value is -0.610. The van der Waals surface area contributed by atoms with Crippen molar-refractivity contribution in [2.75, 3.05) is 7.11 Å². The van der Waals surface area contributed by atoms with E-state index in [1.165, 1.54) is 18.0 Å². The van der Waals surface area contributed by atoms with Gasteiger partial charge in [-0.25, -0.2) is 0 Å². The van der Waals surface area contributed by atoms with E-state index in [1.54, 1.807) is 7.11 Å². The number of hydrogen-bond acceptors (Lipinski definition) is 4. The highest BCUT2D eigenvalue weighted by molar-refractivity contribution is 7.06. The second kappa shape index (κ2) is 4.28. The molecule has 1 aliphatic rings. The maximum absolute atomic E-state index is 9.84. The number of aliphatic hydroxyl groups excluding tert-OH is 1. The summed E-state index contributed by atoms with van der Waals surface area (Å²) in [6, 6.07) is 1.95. The Balaban J connectivity index is 2.12. The smallest absolute Gasteiger partial charge is 0.225 e. The highest BCUT2D eigenvalue weighted by atomic mass is 32.1. The summed E-state index contributed by atoms with van der Waals surface area (Å²) in [5.41, 5.74) is 0. The first-order chi connectivity index (χ1) is 6.81. The van der Waals surface area contributed by atoms with E-state index in [2.05, 4.69) is 4.37 Å². The lowest BCUT2D eigenvalue weighted by molar-refractivity contribution is 0.107. The Morgan fingerprint density at radius 1 is 1.50 bits per heavy atom. The van der Waals surface area contributed by atoms with Crippen molar-refractivity contribution in [1.82, 2.24) is 4.37 Å². The fourth-order valence-electron chi connectivity index (χ4n) is 1.99. The van der Waals surface area contributed by atoms with Gasteiger partial charge in [0.25, 0.3) is 0 Å². The molecule has 0 bridgehead atoms. The van der Waals surface area contributed by atoms with E-state index in [0.29, 0.717) is 5.88 Å². The van der Waals surface area contributed by atoms with Crippen molar-refractivity contribution >= 4 is 11.5 Å². The molecule has 1 heterocycles. The highest BCUT2D eigenvalue weighted by Gasteiger charge is 2.26. The van der Waals surface area contributed by atoms with Crippen molar-refractivity contribution in [3.05, 3.63) is 10.9 Å². The van der Waals surface area contributed by atoms with E-state index in [-0.39, 0.29) is 12.0 Å². The second-order valence-corrected chi connectivity index (χ2v) is 4.57. The van der Waals surface area contributed by atoms with Gasteiger partial charge >= 0.3 is 0 Å². The fourth-order valence-corrected chi connectivity index (χ4v) is 2.87. The van der Waals surface area contributed by atoms with Crippen molar-refractivity contribution in [2.45, 2.75) is 37.7 Å². The van der Waals surface area contributed by atoms with Crippen molar-refractivity contribution in [3.63, 3.8) is 0 Å². The van der Waals surface area contributed by atoms with Crippen LogP contribution in [0.15, 0.2) is 6.07 Å². The Labute approximate surface area is 87.9 Å². The average Bonchev–Trinajstić information content (AvgIpc) is 2.67. The van der Waals surface area contributed by atoms with E-state index >= 15 is 0 Å². The molecule has 1 fully saturated rings. The molecule has 1 aromatic rings. The van der Waals surface area contributed by atoms with Crippen molar-refractivity contribution in [3.8, 4) is 5.88 Å². The van der Waals surface area contributed by atoms with Gasteiger partial charge in [-0.05, 0) is 24.4 Å². The van der Waals surface area contributed by atoms with E-state index in [9.17, 15) is 5.11 Å². The van der Waals surface area contributed by atoms with E-state index in [1.807, 2.05) is 6.07 Å². The minimum Gasteiger partial charge on any atom is -0.480 e. The SMILES string of the molecule is COc1cc(C2CCCCC2O)sn1.